The molecular weight excluding hydrogens is 308 g/mol. The molecule has 2 aromatic carbocycles. The molecule has 2 heterocycles. The lowest BCUT2D eigenvalue weighted by atomic mass is 10.3. The van der Waals surface area contributed by atoms with E-state index >= 15 is 0 Å². The van der Waals surface area contributed by atoms with Crippen molar-refractivity contribution in [2.75, 3.05) is 0 Å². The third-order valence-electron chi connectivity index (χ3n) is 3.52. The molecule has 0 N–H and O–H groups in total. The molecular formula is C21H20N4. The molecule has 0 saturated carbocycles. The van der Waals surface area contributed by atoms with E-state index in [2.05, 4.69) is 15.1 Å². The van der Waals surface area contributed by atoms with Crippen molar-refractivity contribution >= 4 is 23.2 Å². The van der Waals surface area contributed by atoms with Crippen LogP contribution in [0.5, 0.6) is 0 Å². The minimum Gasteiger partial charge on any atom is -0.252 e. The van der Waals surface area contributed by atoms with Gasteiger partial charge in [-0.25, -0.2) is 9.67 Å². The number of nitrogens with zero attached hydrogens (tertiary/aromatic N) is 4. The van der Waals surface area contributed by atoms with Crippen LogP contribution in [0, 0.1) is 0 Å². The van der Waals surface area contributed by atoms with Crippen LogP contribution in [0.4, 0.5) is 0 Å². The predicted molar refractivity (Wildman–Crippen MR) is 103 cm³/mol. The van der Waals surface area contributed by atoms with Crippen molar-refractivity contribution in [2.24, 2.45) is 0 Å². The minimum atomic E-state index is 0.818. The van der Waals surface area contributed by atoms with Crippen LogP contribution >= 0.6 is 0 Å². The molecule has 0 unspecified atom stereocenters. The predicted octanol–water partition coefficient (Wildman–Crippen LogP) is 5.01. The van der Waals surface area contributed by atoms with Crippen LogP contribution in [0.2, 0.25) is 0 Å². The number of hydrogen-bond donors (Lipinski definition) is 0. The summed E-state index contributed by atoms with van der Waals surface area (Å²) in [6, 6.07) is 19.8. The molecule has 4 aromatic rings. The van der Waals surface area contributed by atoms with Crippen molar-refractivity contribution in [2.45, 2.75) is 13.8 Å². The van der Waals surface area contributed by atoms with Gasteiger partial charge in [0.25, 0.3) is 0 Å². The van der Waals surface area contributed by atoms with Crippen molar-refractivity contribution in [1.29, 1.82) is 0 Å². The van der Waals surface area contributed by atoms with E-state index in [1.807, 2.05) is 97.5 Å². The molecule has 0 aliphatic carbocycles. The fourth-order valence-electron chi connectivity index (χ4n) is 2.37. The molecule has 0 bridgehead atoms. The van der Waals surface area contributed by atoms with Crippen LogP contribution < -0.4 is 0 Å². The molecule has 4 rings (SSSR count). The maximum Gasteiger partial charge on any atom is 0.0894 e. The summed E-state index contributed by atoms with van der Waals surface area (Å²) in [6.07, 6.45) is 7.59. The molecule has 0 spiro atoms. The van der Waals surface area contributed by atoms with Gasteiger partial charge in [0.15, 0.2) is 0 Å². The third kappa shape index (κ3) is 3.98. The van der Waals surface area contributed by atoms with Gasteiger partial charge in [-0.3, -0.25) is 4.98 Å². The average Bonchev–Trinajstić information content (AvgIpc) is 3.18. The molecule has 0 aliphatic heterocycles. The van der Waals surface area contributed by atoms with E-state index in [0.29, 0.717) is 0 Å². The number of hydrogen-bond acceptors (Lipinski definition) is 3. The molecule has 0 saturated heterocycles. The highest BCUT2D eigenvalue weighted by Crippen LogP contribution is 2.12. The van der Waals surface area contributed by atoms with Gasteiger partial charge < -0.3 is 0 Å². The third-order valence-corrected chi connectivity index (χ3v) is 3.52. The number of rotatable bonds is 3. The van der Waals surface area contributed by atoms with Gasteiger partial charge in [0.1, 0.15) is 0 Å². The van der Waals surface area contributed by atoms with Crippen LogP contribution in [0.25, 0.3) is 28.9 Å². The summed E-state index contributed by atoms with van der Waals surface area (Å²) in [4.78, 5) is 8.98. The molecule has 4 nitrogen and oxygen atoms in total. The first-order chi connectivity index (χ1) is 12.4. The van der Waals surface area contributed by atoms with Gasteiger partial charge in [0.05, 0.1) is 34.3 Å². The lowest BCUT2D eigenvalue weighted by Gasteiger charge is -1.99. The van der Waals surface area contributed by atoms with E-state index < -0.39 is 0 Å². The molecule has 25 heavy (non-hydrogen) atoms. The van der Waals surface area contributed by atoms with E-state index in [0.717, 1.165) is 28.1 Å². The summed E-state index contributed by atoms with van der Waals surface area (Å²) in [5, 5.41) is 4.54. The molecule has 2 aromatic heterocycles. The molecule has 0 amide bonds. The SMILES string of the molecule is C(=C\c1ccn(-c2ccccc2)n1)/c1cnc2ccccc2n1.CC. The molecule has 124 valence electrons. The van der Waals surface area contributed by atoms with Crippen molar-refractivity contribution in [3.63, 3.8) is 0 Å². The van der Waals surface area contributed by atoms with Crippen molar-refractivity contribution in [3.8, 4) is 5.69 Å². The van der Waals surface area contributed by atoms with E-state index in [9.17, 15) is 0 Å². The molecule has 0 aliphatic rings. The van der Waals surface area contributed by atoms with Crippen molar-refractivity contribution in [1.82, 2.24) is 19.7 Å². The van der Waals surface area contributed by atoms with Gasteiger partial charge in [-0.2, -0.15) is 5.10 Å². The second-order valence-electron chi connectivity index (χ2n) is 5.14. The van der Waals surface area contributed by atoms with E-state index in [1.54, 1.807) is 6.20 Å². The highest BCUT2D eigenvalue weighted by molar-refractivity contribution is 5.76. The maximum absolute atomic E-state index is 4.57. The largest absolute Gasteiger partial charge is 0.252 e. The first-order valence-corrected chi connectivity index (χ1v) is 8.39. The number of aromatic nitrogens is 4. The first kappa shape index (κ1) is 16.6. The van der Waals surface area contributed by atoms with Gasteiger partial charge in [0, 0.05) is 6.20 Å². The fraction of sp³-hybridized carbons (Fsp3) is 0.0952. The summed E-state index contributed by atoms with van der Waals surface area (Å²) < 4.78 is 1.85. The number of para-hydroxylation sites is 3. The average molecular weight is 328 g/mol. The van der Waals surface area contributed by atoms with Gasteiger partial charge in [-0.1, -0.05) is 44.2 Å². The van der Waals surface area contributed by atoms with E-state index in [-0.39, 0.29) is 0 Å². The Kier molecular flexibility index (Phi) is 5.32. The zero-order valence-corrected chi connectivity index (χ0v) is 14.4. The Hall–Kier alpha value is -3.27. The summed E-state index contributed by atoms with van der Waals surface area (Å²) >= 11 is 0. The topological polar surface area (TPSA) is 43.6 Å². The minimum absolute atomic E-state index is 0.818. The summed E-state index contributed by atoms with van der Waals surface area (Å²) in [7, 11) is 0. The summed E-state index contributed by atoms with van der Waals surface area (Å²) in [6.45, 7) is 4.00. The standard InChI is InChI=1S/C19H14N4.C2H6/c1-2-6-17(7-3-1)23-13-12-15(22-23)10-11-16-14-20-18-8-4-5-9-19(18)21-16;1-2/h1-14H;1-2H3/b11-10+;. The van der Waals surface area contributed by atoms with Gasteiger partial charge in [0.2, 0.25) is 0 Å². The molecule has 0 atom stereocenters. The maximum atomic E-state index is 4.57. The lowest BCUT2D eigenvalue weighted by molar-refractivity contribution is 0.876. The Bertz CT molecular complexity index is 971. The second kappa shape index (κ2) is 8.02. The number of fused-ring (bicyclic) bond motifs is 1. The zero-order chi connectivity index (χ0) is 17.5. The monoisotopic (exact) mass is 328 g/mol. The highest BCUT2D eigenvalue weighted by Gasteiger charge is 1.99. The normalized spacial score (nSPS) is 10.6. The quantitative estimate of drug-likeness (QED) is 0.531. The van der Waals surface area contributed by atoms with E-state index in [4.69, 9.17) is 0 Å². The van der Waals surface area contributed by atoms with Crippen molar-refractivity contribution < 1.29 is 0 Å². The van der Waals surface area contributed by atoms with Gasteiger partial charge in [-0.15, -0.1) is 0 Å². The zero-order valence-electron chi connectivity index (χ0n) is 14.4. The van der Waals surface area contributed by atoms with Gasteiger partial charge in [-0.05, 0) is 42.5 Å². The van der Waals surface area contributed by atoms with Crippen LogP contribution in [-0.2, 0) is 0 Å². The van der Waals surface area contributed by atoms with Crippen LogP contribution in [-0.4, -0.2) is 19.7 Å². The lowest BCUT2D eigenvalue weighted by Crippen LogP contribution is -1.93. The van der Waals surface area contributed by atoms with Crippen LogP contribution in [0.15, 0.2) is 73.1 Å². The molecule has 0 radical (unpaired) electrons. The second-order valence-corrected chi connectivity index (χ2v) is 5.14. The highest BCUT2D eigenvalue weighted by atomic mass is 15.3. The molecule has 4 heteroatoms. The fourth-order valence-corrected chi connectivity index (χ4v) is 2.37. The Morgan fingerprint density at radius 3 is 2.24 bits per heavy atom. The number of benzene rings is 2. The van der Waals surface area contributed by atoms with Gasteiger partial charge >= 0.3 is 0 Å². The van der Waals surface area contributed by atoms with Crippen LogP contribution in [0.3, 0.4) is 0 Å². The smallest absolute Gasteiger partial charge is 0.0894 e. The summed E-state index contributed by atoms with van der Waals surface area (Å²) in [5.74, 6) is 0. The molecule has 0 fully saturated rings. The Morgan fingerprint density at radius 2 is 1.44 bits per heavy atom. The summed E-state index contributed by atoms with van der Waals surface area (Å²) in [5.41, 5.74) is 4.53. The Labute approximate surface area is 147 Å². The van der Waals surface area contributed by atoms with Crippen LogP contribution in [0.1, 0.15) is 25.2 Å². The first-order valence-electron chi connectivity index (χ1n) is 8.39. The Balaban J connectivity index is 0.000000880. The Morgan fingerprint density at radius 1 is 0.760 bits per heavy atom. The van der Waals surface area contributed by atoms with Crippen molar-refractivity contribution in [3.05, 3.63) is 84.4 Å². The van der Waals surface area contributed by atoms with E-state index in [1.165, 1.54) is 0 Å².